The van der Waals surface area contributed by atoms with Gasteiger partial charge in [-0.05, 0) is 37.1 Å². The van der Waals surface area contributed by atoms with Crippen molar-refractivity contribution in [3.05, 3.63) is 28.7 Å². The molecule has 0 aliphatic carbocycles. The summed E-state index contributed by atoms with van der Waals surface area (Å²) in [5.74, 6) is -1.33. The number of amides is 2. The van der Waals surface area contributed by atoms with Crippen LogP contribution in [0.25, 0.3) is 0 Å². The Kier molecular flexibility index (Phi) is 6.31. The molecule has 1 fully saturated rings. The topological polar surface area (TPSA) is 88.1 Å². The molecule has 1 N–H and O–H groups in total. The lowest BCUT2D eigenvalue weighted by Gasteiger charge is -2.16. The number of nitrogens with one attached hydrogen (secondary N) is 1. The molecule has 9 heteroatoms. The van der Waals surface area contributed by atoms with Crippen molar-refractivity contribution in [2.24, 2.45) is 4.99 Å². The Bertz CT molecular complexity index is 732. The van der Waals surface area contributed by atoms with E-state index in [4.69, 9.17) is 4.74 Å². The van der Waals surface area contributed by atoms with Crippen molar-refractivity contribution in [1.29, 1.82) is 0 Å². The van der Waals surface area contributed by atoms with Crippen LogP contribution in [0.1, 0.15) is 19.3 Å². The van der Waals surface area contributed by atoms with Crippen LogP contribution >= 0.6 is 27.7 Å². The number of anilines is 1. The summed E-state index contributed by atoms with van der Waals surface area (Å²) >= 11 is 4.61. The van der Waals surface area contributed by atoms with Crippen molar-refractivity contribution >= 4 is 56.3 Å². The first-order chi connectivity index (χ1) is 12.5. The molecule has 26 heavy (non-hydrogen) atoms. The molecule has 1 atom stereocenters. The van der Waals surface area contributed by atoms with E-state index in [-0.39, 0.29) is 18.9 Å². The van der Waals surface area contributed by atoms with Crippen molar-refractivity contribution in [2.45, 2.75) is 24.5 Å². The van der Waals surface area contributed by atoms with E-state index in [0.717, 1.165) is 30.4 Å². The zero-order chi connectivity index (χ0) is 18.5. The molecule has 1 aromatic rings. The fourth-order valence-corrected chi connectivity index (χ4v) is 4.01. The maximum absolute atomic E-state index is 12.0. The summed E-state index contributed by atoms with van der Waals surface area (Å²) in [5.41, 5.74) is 0.611. The SMILES string of the molecule is O=C(COC(=O)C[C@H]1SC(N2CCCC2)=NC1=O)Nc1ccc(Br)cc1. The number of carbonyl (C=O) groups excluding carboxylic acids is 3. The molecule has 0 radical (unpaired) electrons. The Morgan fingerprint density at radius 3 is 2.65 bits per heavy atom. The van der Waals surface area contributed by atoms with Gasteiger partial charge in [-0.3, -0.25) is 14.4 Å². The highest BCUT2D eigenvalue weighted by molar-refractivity contribution is 9.10. The number of amidine groups is 1. The molecule has 2 heterocycles. The second-order valence-corrected chi connectivity index (χ2v) is 8.04. The number of likely N-dealkylation sites (tertiary alicyclic amines) is 1. The zero-order valence-electron chi connectivity index (χ0n) is 13.9. The number of halogens is 1. The third kappa shape index (κ3) is 5.07. The Balaban J connectivity index is 1.41. The van der Waals surface area contributed by atoms with Crippen molar-refractivity contribution in [1.82, 2.24) is 4.90 Å². The largest absolute Gasteiger partial charge is 0.456 e. The van der Waals surface area contributed by atoms with E-state index in [1.54, 1.807) is 24.3 Å². The maximum Gasteiger partial charge on any atom is 0.307 e. The summed E-state index contributed by atoms with van der Waals surface area (Å²) in [7, 11) is 0. The lowest BCUT2D eigenvalue weighted by molar-refractivity contribution is -0.147. The van der Waals surface area contributed by atoms with Gasteiger partial charge in [0, 0.05) is 23.2 Å². The highest BCUT2D eigenvalue weighted by Crippen LogP contribution is 2.29. The Hall–Kier alpha value is -1.87. The molecule has 0 saturated carbocycles. The fraction of sp³-hybridized carbons (Fsp3) is 0.412. The lowest BCUT2D eigenvalue weighted by Crippen LogP contribution is -2.25. The van der Waals surface area contributed by atoms with Crippen LogP contribution in [0.15, 0.2) is 33.7 Å². The van der Waals surface area contributed by atoms with Crippen LogP contribution < -0.4 is 5.32 Å². The molecule has 0 bridgehead atoms. The number of esters is 1. The van der Waals surface area contributed by atoms with Crippen LogP contribution in [0.5, 0.6) is 0 Å². The van der Waals surface area contributed by atoms with Gasteiger partial charge in [0.1, 0.15) is 5.25 Å². The lowest BCUT2D eigenvalue weighted by atomic mass is 10.3. The number of benzene rings is 1. The molecule has 3 rings (SSSR count). The summed E-state index contributed by atoms with van der Waals surface area (Å²) in [4.78, 5) is 41.8. The first-order valence-corrected chi connectivity index (χ1v) is 9.94. The molecule has 0 unspecified atom stereocenters. The highest BCUT2D eigenvalue weighted by Gasteiger charge is 2.34. The van der Waals surface area contributed by atoms with Gasteiger partial charge in [-0.15, -0.1) is 0 Å². The van der Waals surface area contributed by atoms with Crippen molar-refractivity contribution in [2.75, 3.05) is 25.0 Å². The van der Waals surface area contributed by atoms with E-state index in [0.29, 0.717) is 10.9 Å². The normalized spacial score (nSPS) is 19.4. The van der Waals surface area contributed by atoms with E-state index in [2.05, 4.69) is 31.1 Å². The molecule has 0 aromatic heterocycles. The van der Waals surface area contributed by atoms with Crippen LogP contribution in [-0.4, -0.2) is 52.8 Å². The third-order valence-corrected chi connectivity index (χ3v) is 5.69. The maximum atomic E-state index is 12.0. The second kappa shape index (κ2) is 8.68. The minimum absolute atomic E-state index is 0.0874. The van der Waals surface area contributed by atoms with Gasteiger partial charge in [0.25, 0.3) is 11.8 Å². The van der Waals surface area contributed by atoms with Crippen molar-refractivity contribution in [3.8, 4) is 0 Å². The van der Waals surface area contributed by atoms with Crippen LogP contribution in [-0.2, 0) is 19.1 Å². The summed E-state index contributed by atoms with van der Waals surface area (Å²) in [6.45, 7) is 1.40. The van der Waals surface area contributed by atoms with E-state index < -0.39 is 17.1 Å². The van der Waals surface area contributed by atoms with E-state index in [9.17, 15) is 14.4 Å². The van der Waals surface area contributed by atoms with Gasteiger partial charge in [-0.25, -0.2) is 0 Å². The Morgan fingerprint density at radius 2 is 1.96 bits per heavy atom. The first kappa shape index (κ1) is 18.9. The molecule has 2 aliphatic rings. The summed E-state index contributed by atoms with van der Waals surface area (Å²) < 4.78 is 5.88. The van der Waals surface area contributed by atoms with Crippen LogP contribution in [0.2, 0.25) is 0 Å². The Labute approximate surface area is 163 Å². The standard InChI is InChI=1S/C17H18BrN3O4S/c18-11-3-5-12(6-4-11)19-14(22)10-25-15(23)9-13-16(24)20-17(26-13)21-7-1-2-8-21/h3-6,13H,1-2,7-10H2,(H,19,22)/t13-/m1/s1. The van der Waals surface area contributed by atoms with Gasteiger partial charge in [-0.2, -0.15) is 4.99 Å². The molecule has 2 amide bonds. The number of nitrogens with zero attached hydrogens (tertiary/aromatic N) is 2. The fourth-order valence-electron chi connectivity index (χ4n) is 2.64. The van der Waals surface area contributed by atoms with Gasteiger partial charge in [0.15, 0.2) is 11.8 Å². The second-order valence-electron chi connectivity index (χ2n) is 5.95. The van der Waals surface area contributed by atoms with Crippen LogP contribution in [0.3, 0.4) is 0 Å². The van der Waals surface area contributed by atoms with E-state index in [1.165, 1.54) is 11.8 Å². The van der Waals surface area contributed by atoms with Gasteiger partial charge < -0.3 is 15.0 Å². The highest BCUT2D eigenvalue weighted by atomic mass is 79.9. The summed E-state index contributed by atoms with van der Waals surface area (Å²) in [6, 6.07) is 7.05. The van der Waals surface area contributed by atoms with Crippen molar-refractivity contribution in [3.63, 3.8) is 0 Å². The van der Waals surface area contributed by atoms with Gasteiger partial charge in [0.05, 0.1) is 6.42 Å². The van der Waals surface area contributed by atoms with E-state index >= 15 is 0 Å². The molecule has 1 aromatic carbocycles. The molecular weight excluding hydrogens is 422 g/mol. The molecule has 1 saturated heterocycles. The number of ether oxygens (including phenoxy) is 1. The Morgan fingerprint density at radius 1 is 1.27 bits per heavy atom. The number of thioether (sulfide) groups is 1. The third-order valence-electron chi connectivity index (χ3n) is 3.95. The number of hydrogen-bond acceptors (Lipinski definition) is 6. The quantitative estimate of drug-likeness (QED) is 0.708. The first-order valence-electron chi connectivity index (χ1n) is 8.26. The minimum Gasteiger partial charge on any atom is -0.456 e. The number of aliphatic imine (C=N–C) groups is 1. The minimum atomic E-state index is -0.584. The van der Waals surface area contributed by atoms with Gasteiger partial charge in [-0.1, -0.05) is 27.7 Å². The van der Waals surface area contributed by atoms with Gasteiger partial charge >= 0.3 is 5.97 Å². The number of rotatable bonds is 5. The van der Waals surface area contributed by atoms with E-state index in [1.807, 2.05) is 0 Å². The number of carbonyl (C=O) groups is 3. The smallest absolute Gasteiger partial charge is 0.307 e. The van der Waals surface area contributed by atoms with Gasteiger partial charge in [0.2, 0.25) is 0 Å². The summed E-state index contributed by atoms with van der Waals surface area (Å²) in [5, 5.41) is 2.76. The molecule has 0 spiro atoms. The van der Waals surface area contributed by atoms with Crippen LogP contribution in [0, 0.1) is 0 Å². The predicted octanol–water partition coefficient (Wildman–Crippen LogP) is 2.41. The average Bonchev–Trinajstić information content (AvgIpc) is 3.26. The molecular formula is C17H18BrN3O4S. The average molecular weight is 440 g/mol. The number of hydrogen-bond donors (Lipinski definition) is 1. The molecule has 2 aliphatic heterocycles. The monoisotopic (exact) mass is 439 g/mol. The zero-order valence-corrected chi connectivity index (χ0v) is 16.3. The molecule has 138 valence electrons. The summed E-state index contributed by atoms with van der Waals surface area (Å²) in [6.07, 6.45) is 2.10. The van der Waals surface area contributed by atoms with Crippen molar-refractivity contribution < 1.29 is 19.1 Å². The van der Waals surface area contributed by atoms with Crippen LogP contribution in [0.4, 0.5) is 5.69 Å². The molecule has 7 nitrogen and oxygen atoms in total. The predicted molar refractivity (Wildman–Crippen MR) is 103 cm³/mol.